The van der Waals surface area contributed by atoms with Crippen LogP contribution >= 0.6 is 0 Å². The predicted octanol–water partition coefficient (Wildman–Crippen LogP) is 3.13. The van der Waals surface area contributed by atoms with Crippen LogP contribution in [-0.2, 0) is 11.2 Å². The van der Waals surface area contributed by atoms with E-state index in [1.807, 2.05) is 25.1 Å². The first kappa shape index (κ1) is 28.2. The monoisotopic (exact) mass is 559 g/mol. The van der Waals surface area contributed by atoms with Crippen LogP contribution < -0.4 is 30.9 Å². The highest BCUT2D eigenvalue weighted by Crippen LogP contribution is 2.29. The molecule has 2 aliphatic heterocycles. The molecule has 4 heterocycles. The SMILES string of the molecule is CCc1cc(N2CCCC(NC(=O)c3ccc(OC)cc3)C2)nc(Nc2ccc(N3CCOCC3)nc2)c1C(N)=O. The van der Waals surface area contributed by atoms with Crippen LogP contribution in [0.15, 0.2) is 48.7 Å². The number of pyridine rings is 2. The fourth-order valence-electron chi connectivity index (χ4n) is 5.28. The second-order valence-electron chi connectivity index (χ2n) is 10.2. The number of anilines is 4. The molecule has 3 aromatic rings. The van der Waals surface area contributed by atoms with Crippen LogP contribution in [0.3, 0.4) is 0 Å². The van der Waals surface area contributed by atoms with Gasteiger partial charge in [0.2, 0.25) is 0 Å². The van der Waals surface area contributed by atoms with E-state index in [1.165, 1.54) is 0 Å². The van der Waals surface area contributed by atoms with Crippen molar-refractivity contribution in [3.8, 4) is 5.75 Å². The third-order valence-electron chi connectivity index (χ3n) is 7.49. The number of hydrogen-bond donors (Lipinski definition) is 3. The lowest BCUT2D eigenvalue weighted by Crippen LogP contribution is -2.48. The van der Waals surface area contributed by atoms with Crippen molar-refractivity contribution in [1.29, 1.82) is 0 Å². The second-order valence-corrected chi connectivity index (χ2v) is 10.2. The Morgan fingerprint density at radius 3 is 2.51 bits per heavy atom. The zero-order chi connectivity index (χ0) is 28.8. The summed E-state index contributed by atoms with van der Waals surface area (Å²) >= 11 is 0. The van der Waals surface area contributed by atoms with E-state index in [4.69, 9.17) is 20.2 Å². The van der Waals surface area contributed by atoms with Gasteiger partial charge < -0.3 is 35.6 Å². The summed E-state index contributed by atoms with van der Waals surface area (Å²) in [4.78, 5) is 39.2. The number of rotatable bonds is 9. The maximum Gasteiger partial charge on any atom is 0.252 e. The Hall–Kier alpha value is -4.38. The molecule has 0 saturated carbocycles. The maximum absolute atomic E-state index is 12.9. The zero-order valence-corrected chi connectivity index (χ0v) is 23.6. The Balaban J connectivity index is 1.34. The molecule has 2 aromatic heterocycles. The number of nitrogens with zero attached hydrogens (tertiary/aromatic N) is 4. The molecule has 2 aliphatic rings. The second kappa shape index (κ2) is 12.9. The van der Waals surface area contributed by atoms with E-state index in [9.17, 15) is 9.59 Å². The van der Waals surface area contributed by atoms with E-state index in [0.29, 0.717) is 54.6 Å². The summed E-state index contributed by atoms with van der Waals surface area (Å²) in [5.41, 5.74) is 8.30. The van der Waals surface area contributed by atoms with Gasteiger partial charge in [0.25, 0.3) is 11.8 Å². The molecule has 0 spiro atoms. The summed E-state index contributed by atoms with van der Waals surface area (Å²) in [6, 6.07) is 12.8. The molecule has 216 valence electrons. The highest BCUT2D eigenvalue weighted by Gasteiger charge is 2.25. The number of ether oxygens (including phenoxy) is 2. The average molecular weight is 560 g/mol. The normalized spacial score (nSPS) is 17.2. The smallest absolute Gasteiger partial charge is 0.252 e. The molecule has 0 aliphatic carbocycles. The van der Waals surface area contributed by atoms with Crippen LogP contribution in [-0.4, -0.2) is 74.3 Å². The lowest BCUT2D eigenvalue weighted by Gasteiger charge is -2.34. The Morgan fingerprint density at radius 2 is 1.85 bits per heavy atom. The van der Waals surface area contributed by atoms with Crippen molar-refractivity contribution in [3.63, 3.8) is 0 Å². The van der Waals surface area contributed by atoms with Gasteiger partial charge in [0.1, 0.15) is 23.2 Å². The van der Waals surface area contributed by atoms with Crippen molar-refractivity contribution in [1.82, 2.24) is 15.3 Å². The number of nitrogens with two attached hydrogens (primary N) is 1. The van der Waals surface area contributed by atoms with Gasteiger partial charge in [0.15, 0.2) is 0 Å². The van der Waals surface area contributed by atoms with Gasteiger partial charge in [-0.05, 0) is 67.3 Å². The van der Waals surface area contributed by atoms with Gasteiger partial charge in [-0.2, -0.15) is 0 Å². The lowest BCUT2D eigenvalue weighted by molar-refractivity contribution is 0.0932. The first-order valence-corrected chi connectivity index (χ1v) is 14.0. The number of hydrogen-bond acceptors (Lipinski definition) is 9. The minimum Gasteiger partial charge on any atom is -0.497 e. The summed E-state index contributed by atoms with van der Waals surface area (Å²) < 4.78 is 10.6. The Morgan fingerprint density at radius 1 is 1.07 bits per heavy atom. The van der Waals surface area contributed by atoms with Crippen molar-refractivity contribution in [2.24, 2.45) is 5.73 Å². The number of primary amides is 1. The standard InChI is InChI=1S/C30H37N7O4/c1-3-20-17-26(37-12-4-5-23(19-37)34-30(39)21-6-9-24(40-2)10-7-21)35-29(27(20)28(31)38)33-22-8-11-25(32-18-22)36-13-15-41-16-14-36/h6-11,17-18,23H,3-5,12-16,19H2,1-2H3,(H2,31,38)(H,33,35)(H,34,39). The van der Waals surface area contributed by atoms with Crippen molar-refractivity contribution < 1.29 is 19.1 Å². The quantitative estimate of drug-likeness (QED) is 0.361. The minimum absolute atomic E-state index is 0.0469. The third-order valence-corrected chi connectivity index (χ3v) is 7.49. The molecule has 0 radical (unpaired) electrons. The fourth-order valence-corrected chi connectivity index (χ4v) is 5.28. The number of nitrogens with one attached hydrogen (secondary N) is 2. The molecule has 11 heteroatoms. The number of methoxy groups -OCH3 is 1. The van der Waals surface area contributed by atoms with Crippen LogP contribution in [0.4, 0.5) is 23.1 Å². The van der Waals surface area contributed by atoms with E-state index in [0.717, 1.165) is 49.7 Å². The highest BCUT2D eigenvalue weighted by molar-refractivity contribution is 6.00. The molecule has 2 fully saturated rings. The third kappa shape index (κ3) is 6.68. The Kier molecular flexibility index (Phi) is 8.83. The van der Waals surface area contributed by atoms with Gasteiger partial charge in [-0.3, -0.25) is 9.59 Å². The molecule has 41 heavy (non-hydrogen) atoms. The molecule has 0 bridgehead atoms. The number of carbonyl (C=O) groups is 2. The van der Waals surface area contributed by atoms with E-state index in [2.05, 4.69) is 25.4 Å². The summed E-state index contributed by atoms with van der Waals surface area (Å²) in [5.74, 6) is 2.05. The van der Waals surface area contributed by atoms with E-state index >= 15 is 0 Å². The number of amides is 2. The van der Waals surface area contributed by atoms with Crippen molar-refractivity contribution in [3.05, 3.63) is 65.4 Å². The maximum atomic E-state index is 12.9. The number of carbonyl (C=O) groups excluding carboxylic acids is 2. The molecular weight excluding hydrogens is 522 g/mol. The number of benzene rings is 1. The first-order chi connectivity index (χ1) is 19.9. The topological polar surface area (TPSA) is 135 Å². The number of morpholine rings is 1. The molecule has 2 amide bonds. The fraction of sp³-hybridized carbons (Fsp3) is 0.400. The van der Waals surface area contributed by atoms with Gasteiger partial charge >= 0.3 is 0 Å². The van der Waals surface area contributed by atoms with Gasteiger partial charge in [0, 0.05) is 37.8 Å². The van der Waals surface area contributed by atoms with Crippen LogP contribution in [0.2, 0.25) is 0 Å². The van der Waals surface area contributed by atoms with E-state index < -0.39 is 5.91 Å². The van der Waals surface area contributed by atoms with Gasteiger partial charge in [-0.15, -0.1) is 0 Å². The van der Waals surface area contributed by atoms with Gasteiger partial charge in [-0.1, -0.05) is 6.92 Å². The molecular formula is C30H37N7O4. The average Bonchev–Trinajstić information content (AvgIpc) is 3.01. The predicted molar refractivity (Wildman–Crippen MR) is 158 cm³/mol. The first-order valence-electron chi connectivity index (χ1n) is 14.0. The van der Waals surface area contributed by atoms with Crippen LogP contribution in [0.1, 0.15) is 46.0 Å². The van der Waals surface area contributed by atoms with E-state index in [-0.39, 0.29) is 11.9 Å². The van der Waals surface area contributed by atoms with Crippen LogP contribution in [0.5, 0.6) is 5.75 Å². The summed E-state index contributed by atoms with van der Waals surface area (Å²) in [5, 5.41) is 6.45. The minimum atomic E-state index is -0.537. The van der Waals surface area contributed by atoms with Gasteiger partial charge in [0.05, 0.1) is 37.8 Å². The lowest BCUT2D eigenvalue weighted by atomic mass is 10.0. The van der Waals surface area contributed by atoms with Crippen LogP contribution in [0, 0.1) is 0 Å². The molecule has 5 rings (SSSR count). The summed E-state index contributed by atoms with van der Waals surface area (Å²) in [7, 11) is 1.60. The number of piperidine rings is 1. The molecule has 1 aromatic carbocycles. The van der Waals surface area contributed by atoms with Crippen LogP contribution in [0.25, 0.3) is 0 Å². The zero-order valence-electron chi connectivity index (χ0n) is 23.6. The molecule has 2 saturated heterocycles. The Bertz CT molecular complexity index is 1360. The summed E-state index contributed by atoms with van der Waals surface area (Å²) in [6.07, 6.45) is 4.11. The largest absolute Gasteiger partial charge is 0.497 e. The molecule has 1 unspecified atom stereocenters. The number of aromatic nitrogens is 2. The highest BCUT2D eigenvalue weighted by atomic mass is 16.5. The molecule has 4 N–H and O–H groups in total. The van der Waals surface area contributed by atoms with Crippen molar-refractivity contribution in [2.45, 2.75) is 32.2 Å². The molecule has 11 nitrogen and oxygen atoms in total. The molecule has 1 atom stereocenters. The van der Waals surface area contributed by atoms with Crippen molar-refractivity contribution in [2.75, 3.05) is 61.6 Å². The number of aryl methyl sites for hydroxylation is 1. The summed E-state index contributed by atoms with van der Waals surface area (Å²) in [6.45, 7) is 6.34. The Labute approximate surface area is 240 Å². The van der Waals surface area contributed by atoms with Gasteiger partial charge in [-0.25, -0.2) is 9.97 Å². The van der Waals surface area contributed by atoms with Crippen molar-refractivity contribution >= 4 is 35.0 Å². The van der Waals surface area contributed by atoms with E-state index in [1.54, 1.807) is 37.6 Å².